The fourth-order valence-electron chi connectivity index (χ4n) is 2.97. The second-order valence-corrected chi connectivity index (χ2v) is 6.13. The van der Waals surface area contributed by atoms with Gasteiger partial charge in [-0.2, -0.15) is 0 Å². The Kier molecular flexibility index (Phi) is 5.68. The molecule has 1 fully saturated rings. The van der Waals surface area contributed by atoms with Gasteiger partial charge < -0.3 is 15.0 Å². The molecule has 0 unspecified atom stereocenters. The Morgan fingerprint density at radius 2 is 1.85 bits per heavy atom. The van der Waals surface area contributed by atoms with E-state index in [0.29, 0.717) is 26.2 Å². The van der Waals surface area contributed by atoms with Crippen LogP contribution in [0.15, 0.2) is 42.5 Å². The van der Waals surface area contributed by atoms with Crippen molar-refractivity contribution in [1.29, 1.82) is 0 Å². The molecular formula is C19H21F2N3O2. The number of amides is 2. The molecule has 0 bridgehead atoms. The highest BCUT2D eigenvalue weighted by molar-refractivity contribution is 5.89. The lowest BCUT2D eigenvalue weighted by atomic mass is 10.1. The first-order valence-electron chi connectivity index (χ1n) is 8.42. The number of para-hydroxylation sites is 1. The molecule has 3 rings (SSSR count). The Morgan fingerprint density at radius 3 is 2.54 bits per heavy atom. The number of hydrogen-bond donors (Lipinski definition) is 1. The van der Waals surface area contributed by atoms with E-state index < -0.39 is 11.6 Å². The number of nitrogens with zero attached hydrogens (tertiary/aromatic N) is 2. The molecule has 0 radical (unpaired) electrons. The first-order valence-corrected chi connectivity index (χ1v) is 8.42. The molecule has 1 heterocycles. The molecular weight excluding hydrogens is 340 g/mol. The van der Waals surface area contributed by atoms with Crippen LogP contribution in [-0.4, -0.2) is 49.1 Å². The van der Waals surface area contributed by atoms with Gasteiger partial charge in [-0.25, -0.2) is 13.6 Å². The predicted octanol–water partition coefficient (Wildman–Crippen LogP) is 3.32. The first kappa shape index (κ1) is 18.1. The molecule has 1 saturated heterocycles. The maximum absolute atomic E-state index is 13.7. The van der Waals surface area contributed by atoms with Crippen LogP contribution in [0.1, 0.15) is 5.56 Å². The second kappa shape index (κ2) is 8.14. The van der Waals surface area contributed by atoms with Crippen LogP contribution in [0.5, 0.6) is 5.75 Å². The van der Waals surface area contributed by atoms with Gasteiger partial charge in [-0.1, -0.05) is 18.2 Å². The summed E-state index contributed by atoms with van der Waals surface area (Å²) >= 11 is 0. The highest BCUT2D eigenvalue weighted by Crippen LogP contribution is 2.20. The molecule has 1 aliphatic heterocycles. The SMILES string of the molecule is COc1ccccc1CN1CCN(C(=O)Nc2ccc(F)cc2F)CC1. The third-order valence-corrected chi connectivity index (χ3v) is 4.42. The third-order valence-electron chi connectivity index (χ3n) is 4.42. The Morgan fingerprint density at radius 1 is 1.12 bits per heavy atom. The number of carbonyl (C=O) groups is 1. The number of nitrogens with one attached hydrogen (secondary N) is 1. The van der Waals surface area contributed by atoms with E-state index in [-0.39, 0.29) is 11.7 Å². The molecule has 0 aliphatic carbocycles. The molecule has 2 aromatic carbocycles. The Bertz CT molecular complexity index is 777. The number of rotatable bonds is 4. The normalized spacial score (nSPS) is 15.0. The molecule has 2 amide bonds. The number of hydrogen-bond acceptors (Lipinski definition) is 3. The van der Waals surface area contributed by atoms with Gasteiger partial charge >= 0.3 is 6.03 Å². The van der Waals surface area contributed by atoms with Crippen LogP contribution in [0.2, 0.25) is 0 Å². The summed E-state index contributed by atoms with van der Waals surface area (Å²) in [5, 5.41) is 2.50. The summed E-state index contributed by atoms with van der Waals surface area (Å²) in [6.45, 7) is 3.22. The van der Waals surface area contributed by atoms with Crippen LogP contribution in [0.4, 0.5) is 19.3 Å². The number of anilines is 1. The molecule has 0 atom stereocenters. The average molecular weight is 361 g/mol. The lowest BCUT2D eigenvalue weighted by Gasteiger charge is -2.34. The lowest BCUT2D eigenvalue weighted by Crippen LogP contribution is -2.49. The third kappa shape index (κ3) is 4.29. The van der Waals surface area contributed by atoms with Crippen LogP contribution < -0.4 is 10.1 Å². The zero-order chi connectivity index (χ0) is 18.5. The smallest absolute Gasteiger partial charge is 0.322 e. The van der Waals surface area contributed by atoms with Crippen molar-refractivity contribution in [3.8, 4) is 5.75 Å². The number of ether oxygens (including phenoxy) is 1. The maximum Gasteiger partial charge on any atom is 0.322 e. The summed E-state index contributed by atoms with van der Waals surface area (Å²) < 4.78 is 32.0. The standard InChI is InChI=1S/C19H21F2N3O2/c1-26-18-5-3-2-4-14(18)13-23-8-10-24(11-9-23)19(25)22-17-7-6-15(20)12-16(17)21/h2-7,12H,8-11,13H2,1H3,(H,22,25). The van der Waals surface area contributed by atoms with Crippen LogP contribution in [0.25, 0.3) is 0 Å². The molecule has 0 aromatic heterocycles. The minimum atomic E-state index is -0.784. The zero-order valence-corrected chi connectivity index (χ0v) is 14.5. The summed E-state index contributed by atoms with van der Waals surface area (Å²) in [7, 11) is 1.65. The molecule has 0 spiro atoms. The van der Waals surface area contributed by atoms with Gasteiger partial charge in [0.25, 0.3) is 0 Å². The van der Waals surface area contributed by atoms with Gasteiger partial charge in [-0.05, 0) is 18.2 Å². The number of benzene rings is 2. The van der Waals surface area contributed by atoms with E-state index >= 15 is 0 Å². The van der Waals surface area contributed by atoms with Crippen molar-refractivity contribution in [2.45, 2.75) is 6.54 Å². The van der Waals surface area contributed by atoms with E-state index in [2.05, 4.69) is 10.2 Å². The van der Waals surface area contributed by atoms with Gasteiger partial charge in [0.1, 0.15) is 17.4 Å². The largest absolute Gasteiger partial charge is 0.496 e. The quantitative estimate of drug-likeness (QED) is 0.909. The monoisotopic (exact) mass is 361 g/mol. The highest BCUT2D eigenvalue weighted by Gasteiger charge is 2.22. The van der Waals surface area contributed by atoms with Crippen molar-refractivity contribution in [2.24, 2.45) is 0 Å². The minimum absolute atomic E-state index is 0.0205. The highest BCUT2D eigenvalue weighted by atomic mass is 19.1. The number of halogens is 2. The van der Waals surface area contributed by atoms with Gasteiger partial charge in [0.15, 0.2) is 0 Å². The Labute approximate surface area is 151 Å². The van der Waals surface area contributed by atoms with Gasteiger partial charge in [0.2, 0.25) is 0 Å². The van der Waals surface area contributed by atoms with Gasteiger partial charge in [-0.15, -0.1) is 0 Å². The lowest BCUT2D eigenvalue weighted by molar-refractivity contribution is 0.142. The van der Waals surface area contributed by atoms with E-state index in [0.717, 1.165) is 30.0 Å². The molecule has 2 aromatic rings. The van der Waals surface area contributed by atoms with Crippen molar-refractivity contribution in [1.82, 2.24) is 9.80 Å². The molecule has 1 aliphatic rings. The minimum Gasteiger partial charge on any atom is -0.496 e. The van der Waals surface area contributed by atoms with Crippen molar-refractivity contribution in [3.63, 3.8) is 0 Å². The van der Waals surface area contributed by atoms with Crippen molar-refractivity contribution >= 4 is 11.7 Å². The maximum atomic E-state index is 13.7. The fourth-order valence-corrected chi connectivity index (χ4v) is 2.97. The fraction of sp³-hybridized carbons (Fsp3) is 0.316. The van der Waals surface area contributed by atoms with Crippen LogP contribution in [0, 0.1) is 11.6 Å². The summed E-state index contributed by atoms with van der Waals surface area (Å²) in [6, 6.07) is 10.6. The van der Waals surface area contributed by atoms with Crippen LogP contribution in [-0.2, 0) is 6.54 Å². The summed E-state index contributed by atoms with van der Waals surface area (Å²) in [5.41, 5.74) is 1.08. The van der Waals surface area contributed by atoms with E-state index in [4.69, 9.17) is 4.74 Å². The van der Waals surface area contributed by atoms with Gasteiger partial charge in [0, 0.05) is 44.4 Å². The summed E-state index contributed by atoms with van der Waals surface area (Å²) in [4.78, 5) is 16.1. The Hall–Kier alpha value is -2.67. The average Bonchev–Trinajstić information content (AvgIpc) is 2.65. The van der Waals surface area contributed by atoms with Gasteiger partial charge in [-0.3, -0.25) is 4.90 Å². The summed E-state index contributed by atoms with van der Waals surface area (Å²) in [5.74, 6) is -0.613. The van der Waals surface area contributed by atoms with E-state index in [1.54, 1.807) is 12.0 Å². The second-order valence-electron chi connectivity index (χ2n) is 6.13. The van der Waals surface area contributed by atoms with Crippen molar-refractivity contribution in [3.05, 3.63) is 59.7 Å². The summed E-state index contributed by atoms with van der Waals surface area (Å²) in [6.07, 6.45) is 0. The van der Waals surface area contributed by atoms with Crippen molar-refractivity contribution in [2.75, 3.05) is 38.6 Å². The zero-order valence-electron chi connectivity index (χ0n) is 14.5. The van der Waals surface area contributed by atoms with Crippen LogP contribution >= 0.6 is 0 Å². The molecule has 1 N–H and O–H groups in total. The number of piperazine rings is 1. The first-order chi connectivity index (χ1) is 12.6. The van der Waals surface area contributed by atoms with E-state index in [1.807, 2.05) is 24.3 Å². The van der Waals surface area contributed by atoms with Gasteiger partial charge in [0.05, 0.1) is 12.8 Å². The predicted molar refractivity (Wildman–Crippen MR) is 95.2 cm³/mol. The molecule has 138 valence electrons. The van der Waals surface area contributed by atoms with Crippen LogP contribution in [0.3, 0.4) is 0 Å². The molecule has 7 heteroatoms. The number of urea groups is 1. The molecule has 0 saturated carbocycles. The Balaban J connectivity index is 1.54. The van der Waals surface area contributed by atoms with E-state index in [1.165, 1.54) is 6.07 Å². The number of methoxy groups -OCH3 is 1. The molecule has 5 nitrogen and oxygen atoms in total. The van der Waals surface area contributed by atoms with Crippen molar-refractivity contribution < 1.29 is 18.3 Å². The number of carbonyl (C=O) groups excluding carboxylic acids is 1. The molecule has 26 heavy (non-hydrogen) atoms. The van der Waals surface area contributed by atoms with E-state index in [9.17, 15) is 13.6 Å². The topological polar surface area (TPSA) is 44.8 Å².